The first kappa shape index (κ1) is 18.9. The van der Waals surface area contributed by atoms with Gasteiger partial charge in [-0.05, 0) is 48.9 Å². The molecule has 0 unspecified atom stereocenters. The minimum absolute atomic E-state index is 0.322. The van der Waals surface area contributed by atoms with Crippen LogP contribution in [0.5, 0.6) is 11.5 Å². The van der Waals surface area contributed by atoms with Crippen molar-refractivity contribution < 1.29 is 9.47 Å². The monoisotopic (exact) mass is 375 g/mol. The second-order valence-corrected chi connectivity index (χ2v) is 5.89. The average Bonchev–Trinajstić information content (AvgIpc) is 3.17. The van der Waals surface area contributed by atoms with E-state index in [0.29, 0.717) is 18.6 Å². The molecule has 0 bridgehead atoms. The molecule has 0 radical (unpaired) electrons. The van der Waals surface area contributed by atoms with Crippen LogP contribution in [0.4, 0.5) is 11.8 Å². The van der Waals surface area contributed by atoms with Gasteiger partial charge in [0.15, 0.2) is 11.5 Å². The summed E-state index contributed by atoms with van der Waals surface area (Å²) in [6, 6.07) is 19.3. The Morgan fingerprint density at radius 2 is 1.57 bits per heavy atom. The van der Waals surface area contributed by atoms with Crippen LogP contribution >= 0.6 is 0 Å². The summed E-state index contributed by atoms with van der Waals surface area (Å²) in [5.41, 5.74) is 12.8. The highest BCUT2D eigenvalue weighted by atomic mass is 16.7. The van der Waals surface area contributed by atoms with Crippen molar-refractivity contribution in [3.05, 3.63) is 78.6 Å². The highest BCUT2D eigenvalue weighted by Gasteiger charge is 2.11. The SMILES string of the molecule is Cc1ccc2c(c1)OCO2.Nc1ccc2ccccc2n1.Nc1ncccn1. The summed E-state index contributed by atoms with van der Waals surface area (Å²) in [5, 5.41) is 1.13. The predicted octanol–water partition coefficient (Wildman–Crippen LogP) is 3.60. The number of hydrogen-bond donors (Lipinski definition) is 2. The molecule has 1 aliphatic heterocycles. The van der Waals surface area contributed by atoms with Crippen LogP contribution in [0.3, 0.4) is 0 Å². The van der Waals surface area contributed by atoms with E-state index < -0.39 is 0 Å². The van der Waals surface area contributed by atoms with E-state index in [9.17, 15) is 0 Å². The van der Waals surface area contributed by atoms with Crippen molar-refractivity contribution in [2.75, 3.05) is 18.3 Å². The summed E-state index contributed by atoms with van der Waals surface area (Å²) in [4.78, 5) is 11.4. The third-order valence-electron chi connectivity index (χ3n) is 3.73. The minimum Gasteiger partial charge on any atom is -0.454 e. The zero-order valence-electron chi connectivity index (χ0n) is 15.4. The average molecular weight is 375 g/mol. The van der Waals surface area contributed by atoms with Crippen LogP contribution in [0.25, 0.3) is 10.9 Å². The van der Waals surface area contributed by atoms with Gasteiger partial charge >= 0.3 is 0 Å². The second-order valence-electron chi connectivity index (χ2n) is 5.89. The minimum atomic E-state index is 0.322. The standard InChI is InChI=1S/C9H8N2.C8H8O2.C4H5N3/c10-9-6-5-7-3-1-2-4-8(7)11-9;1-6-2-3-7-8(4-6)10-5-9-7;5-4-6-2-1-3-7-4/h1-6H,(H2,10,11);2-4H,5H2,1H3;1-3H,(H2,5,6,7). The van der Waals surface area contributed by atoms with Gasteiger partial charge in [0.05, 0.1) is 5.52 Å². The van der Waals surface area contributed by atoms with Gasteiger partial charge < -0.3 is 20.9 Å². The summed E-state index contributed by atoms with van der Waals surface area (Å²) in [6.45, 7) is 2.39. The Kier molecular flexibility index (Phi) is 6.20. The molecule has 0 amide bonds. The highest BCUT2D eigenvalue weighted by molar-refractivity contribution is 5.79. The zero-order chi connectivity index (χ0) is 19.8. The van der Waals surface area contributed by atoms with Crippen LogP contribution in [0, 0.1) is 6.92 Å². The molecule has 4 N–H and O–H groups in total. The fraction of sp³-hybridized carbons (Fsp3) is 0.0952. The number of aryl methyl sites for hydroxylation is 1. The molecule has 0 aliphatic carbocycles. The maximum absolute atomic E-state index is 5.51. The van der Waals surface area contributed by atoms with Gasteiger partial charge in [-0.1, -0.05) is 24.3 Å². The van der Waals surface area contributed by atoms with E-state index in [-0.39, 0.29) is 0 Å². The lowest BCUT2D eigenvalue weighted by Crippen LogP contribution is -1.92. The zero-order valence-corrected chi connectivity index (χ0v) is 15.4. The summed E-state index contributed by atoms with van der Waals surface area (Å²) >= 11 is 0. The van der Waals surface area contributed by atoms with E-state index >= 15 is 0 Å². The predicted molar refractivity (Wildman–Crippen MR) is 110 cm³/mol. The molecule has 142 valence electrons. The van der Waals surface area contributed by atoms with Crippen LogP contribution in [0.1, 0.15) is 5.56 Å². The van der Waals surface area contributed by atoms with E-state index in [0.717, 1.165) is 22.4 Å². The maximum atomic E-state index is 5.51. The number of nitrogens with zero attached hydrogens (tertiary/aromatic N) is 3. The number of para-hydroxylation sites is 1. The van der Waals surface area contributed by atoms with Crippen molar-refractivity contribution in [3.63, 3.8) is 0 Å². The number of aromatic nitrogens is 3. The molecule has 7 nitrogen and oxygen atoms in total. The Bertz CT molecular complexity index is 1040. The number of rotatable bonds is 0. The lowest BCUT2D eigenvalue weighted by Gasteiger charge is -1.95. The molecule has 2 aromatic carbocycles. The lowest BCUT2D eigenvalue weighted by atomic mass is 10.2. The molecule has 2 aromatic heterocycles. The van der Waals surface area contributed by atoms with Crippen molar-refractivity contribution in [1.82, 2.24) is 15.0 Å². The van der Waals surface area contributed by atoms with Crippen molar-refractivity contribution in [1.29, 1.82) is 0 Å². The summed E-state index contributed by atoms with van der Waals surface area (Å²) in [7, 11) is 0. The molecule has 4 aromatic rings. The number of ether oxygens (including phenoxy) is 2. The molecular weight excluding hydrogens is 354 g/mol. The normalized spacial score (nSPS) is 11.0. The molecule has 0 saturated heterocycles. The molecule has 1 aliphatic rings. The van der Waals surface area contributed by atoms with Crippen LogP contribution in [0.15, 0.2) is 73.1 Å². The molecular formula is C21H21N5O2. The largest absolute Gasteiger partial charge is 0.454 e. The first-order chi connectivity index (χ1) is 13.6. The molecule has 0 fully saturated rings. The smallest absolute Gasteiger partial charge is 0.231 e. The second kappa shape index (κ2) is 9.18. The number of nitrogen functional groups attached to an aromatic ring is 2. The van der Waals surface area contributed by atoms with E-state index in [1.807, 2.05) is 61.5 Å². The van der Waals surface area contributed by atoms with Gasteiger partial charge in [0, 0.05) is 17.8 Å². The van der Waals surface area contributed by atoms with Gasteiger partial charge in [-0.15, -0.1) is 0 Å². The van der Waals surface area contributed by atoms with Crippen molar-refractivity contribution in [3.8, 4) is 11.5 Å². The highest BCUT2D eigenvalue weighted by Crippen LogP contribution is 2.31. The fourth-order valence-electron chi connectivity index (χ4n) is 2.40. The van der Waals surface area contributed by atoms with E-state index in [2.05, 4.69) is 15.0 Å². The number of hydrogen-bond acceptors (Lipinski definition) is 7. The number of nitrogens with two attached hydrogens (primary N) is 2. The summed E-state index contributed by atoms with van der Waals surface area (Å²) < 4.78 is 10.3. The Balaban J connectivity index is 0.000000124. The number of anilines is 2. The van der Waals surface area contributed by atoms with Crippen molar-refractivity contribution >= 4 is 22.7 Å². The molecule has 0 saturated carbocycles. The fourth-order valence-corrected chi connectivity index (χ4v) is 2.40. The van der Waals surface area contributed by atoms with Crippen LogP contribution in [-0.4, -0.2) is 21.7 Å². The molecule has 0 atom stereocenters. The quantitative estimate of drug-likeness (QED) is 0.483. The van der Waals surface area contributed by atoms with Crippen LogP contribution in [0.2, 0.25) is 0 Å². The Morgan fingerprint density at radius 1 is 0.821 bits per heavy atom. The van der Waals surface area contributed by atoms with Crippen LogP contribution in [-0.2, 0) is 0 Å². The van der Waals surface area contributed by atoms with E-state index in [1.165, 1.54) is 5.56 Å². The summed E-state index contributed by atoms with van der Waals surface area (Å²) in [5.74, 6) is 2.61. The third kappa shape index (κ3) is 5.31. The third-order valence-corrected chi connectivity index (χ3v) is 3.73. The topological polar surface area (TPSA) is 109 Å². The van der Waals surface area contributed by atoms with Crippen molar-refractivity contribution in [2.45, 2.75) is 6.92 Å². The van der Waals surface area contributed by atoms with Gasteiger partial charge in [0.25, 0.3) is 0 Å². The molecule has 7 heteroatoms. The molecule has 0 spiro atoms. The first-order valence-electron chi connectivity index (χ1n) is 8.62. The van der Waals surface area contributed by atoms with Gasteiger partial charge in [0.1, 0.15) is 5.82 Å². The lowest BCUT2D eigenvalue weighted by molar-refractivity contribution is 0.174. The Labute approximate surface area is 163 Å². The molecule has 3 heterocycles. The van der Waals surface area contributed by atoms with Gasteiger partial charge in [-0.3, -0.25) is 0 Å². The first-order valence-corrected chi connectivity index (χ1v) is 8.62. The van der Waals surface area contributed by atoms with Crippen molar-refractivity contribution in [2.24, 2.45) is 0 Å². The Morgan fingerprint density at radius 3 is 2.32 bits per heavy atom. The molecule has 5 rings (SSSR count). The summed E-state index contributed by atoms with van der Waals surface area (Å²) in [6.07, 6.45) is 3.20. The van der Waals surface area contributed by atoms with E-state index in [4.69, 9.17) is 20.9 Å². The van der Waals surface area contributed by atoms with Gasteiger partial charge in [0.2, 0.25) is 12.7 Å². The Hall–Kier alpha value is -3.87. The van der Waals surface area contributed by atoms with Gasteiger partial charge in [-0.25, -0.2) is 15.0 Å². The van der Waals surface area contributed by atoms with Crippen LogP contribution < -0.4 is 20.9 Å². The maximum Gasteiger partial charge on any atom is 0.231 e. The number of fused-ring (bicyclic) bond motifs is 2. The van der Waals surface area contributed by atoms with E-state index in [1.54, 1.807) is 18.5 Å². The molecule has 28 heavy (non-hydrogen) atoms. The number of pyridine rings is 1. The van der Waals surface area contributed by atoms with Gasteiger partial charge in [-0.2, -0.15) is 0 Å². The number of benzene rings is 2.